The standard InChI is InChI=1S/C13H17N3O5/c1-2-13(12(18)19)6-3-7-15(8-13)11(17)9-4-5-10(14-9)16(20)21/h4-5,14H,2-3,6-8H2,1H3,(H,18,19). The number of nitrogens with zero attached hydrogens (tertiary/aromatic N) is 2. The Bertz CT molecular complexity index is 582. The molecule has 2 N–H and O–H groups in total. The van der Waals surface area contributed by atoms with Gasteiger partial charge in [0, 0.05) is 19.2 Å². The zero-order chi connectivity index (χ0) is 15.6. The molecule has 0 bridgehead atoms. The van der Waals surface area contributed by atoms with Crippen LogP contribution in [0.15, 0.2) is 12.1 Å². The average molecular weight is 295 g/mol. The molecule has 8 heteroatoms. The van der Waals surface area contributed by atoms with Crippen molar-refractivity contribution >= 4 is 17.7 Å². The molecule has 0 spiro atoms. The van der Waals surface area contributed by atoms with E-state index in [-0.39, 0.29) is 18.1 Å². The fourth-order valence-electron chi connectivity index (χ4n) is 2.70. The number of aliphatic carboxylic acids is 1. The zero-order valence-electron chi connectivity index (χ0n) is 11.7. The number of carbonyl (C=O) groups excluding carboxylic acids is 1. The van der Waals surface area contributed by atoms with Gasteiger partial charge < -0.3 is 20.1 Å². The van der Waals surface area contributed by atoms with Crippen LogP contribution in [0.1, 0.15) is 36.7 Å². The van der Waals surface area contributed by atoms with Crippen LogP contribution >= 0.6 is 0 Å². The van der Waals surface area contributed by atoms with Gasteiger partial charge in [-0.05, 0) is 30.3 Å². The van der Waals surface area contributed by atoms with E-state index in [1.54, 1.807) is 6.92 Å². The van der Waals surface area contributed by atoms with E-state index in [0.717, 1.165) is 0 Å². The highest BCUT2D eigenvalue weighted by molar-refractivity contribution is 5.93. The highest BCUT2D eigenvalue weighted by atomic mass is 16.6. The summed E-state index contributed by atoms with van der Waals surface area (Å²) in [6, 6.07) is 2.57. The number of piperidine rings is 1. The number of aromatic nitrogens is 1. The summed E-state index contributed by atoms with van der Waals surface area (Å²) in [4.78, 5) is 37.7. The number of amides is 1. The molecule has 0 saturated carbocycles. The minimum Gasteiger partial charge on any atom is -0.481 e. The lowest BCUT2D eigenvalue weighted by atomic mass is 9.77. The van der Waals surface area contributed by atoms with Gasteiger partial charge in [-0.3, -0.25) is 9.59 Å². The van der Waals surface area contributed by atoms with E-state index in [9.17, 15) is 24.8 Å². The van der Waals surface area contributed by atoms with Crippen LogP contribution in [0.5, 0.6) is 0 Å². The summed E-state index contributed by atoms with van der Waals surface area (Å²) in [5.74, 6) is -1.56. The molecule has 1 saturated heterocycles. The second-order valence-electron chi connectivity index (χ2n) is 5.28. The number of H-pyrrole nitrogens is 1. The Morgan fingerprint density at radius 3 is 2.76 bits per heavy atom. The largest absolute Gasteiger partial charge is 0.481 e. The number of hydrogen-bond acceptors (Lipinski definition) is 4. The van der Waals surface area contributed by atoms with Crippen LogP contribution in [-0.4, -0.2) is 44.9 Å². The molecule has 114 valence electrons. The van der Waals surface area contributed by atoms with Crippen molar-refractivity contribution in [2.24, 2.45) is 5.41 Å². The molecule has 2 heterocycles. The summed E-state index contributed by atoms with van der Waals surface area (Å²) >= 11 is 0. The number of nitro groups is 1. The Kier molecular flexibility index (Phi) is 3.97. The lowest BCUT2D eigenvalue weighted by Crippen LogP contribution is -2.49. The molecular weight excluding hydrogens is 278 g/mol. The Labute approximate surface area is 120 Å². The number of carbonyl (C=O) groups is 2. The Balaban J connectivity index is 2.18. The Hall–Kier alpha value is -2.38. The molecule has 21 heavy (non-hydrogen) atoms. The number of likely N-dealkylation sites (tertiary alicyclic amines) is 1. The van der Waals surface area contributed by atoms with Crippen LogP contribution in [0.2, 0.25) is 0 Å². The molecule has 1 fully saturated rings. The van der Waals surface area contributed by atoms with E-state index in [2.05, 4.69) is 4.98 Å². The van der Waals surface area contributed by atoms with Crippen molar-refractivity contribution in [3.63, 3.8) is 0 Å². The number of hydrogen-bond donors (Lipinski definition) is 2. The minimum absolute atomic E-state index is 0.110. The molecule has 1 aromatic rings. The quantitative estimate of drug-likeness (QED) is 0.647. The first-order valence-electron chi connectivity index (χ1n) is 6.76. The lowest BCUT2D eigenvalue weighted by Gasteiger charge is -2.38. The van der Waals surface area contributed by atoms with Crippen molar-refractivity contribution in [2.75, 3.05) is 13.1 Å². The molecule has 1 atom stereocenters. The van der Waals surface area contributed by atoms with Crippen molar-refractivity contribution in [3.05, 3.63) is 27.9 Å². The summed E-state index contributed by atoms with van der Waals surface area (Å²) in [5, 5.41) is 20.0. The van der Waals surface area contributed by atoms with Crippen LogP contribution in [0.25, 0.3) is 0 Å². The normalized spacial score (nSPS) is 22.0. The maximum atomic E-state index is 12.3. The van der Waals surface area contributed by atoms with E-state index in [4.69, 9.17) is 0 Å². The number of carboxylic acids is 1. The summed E-state index contributed by atoms with van der Waals surface area (Å²) in [6.45, 7) is 2.38. The zero-order valence-corrected chi connectivity index (χ0v) is 11.7. The van der Waals surface area contributed by atoms with Gasteiger partial charge in [0.05, 0.1) is 5.41 Å². The summed E-state index contributed by atoms with van der Waals surface area (Å²) in [6.07, 6.45) is 1.58. The van der Waals surface area contributed by atoms with E-state index >= 15 is 0 Å². The van der Waals surface area contributed by atoms with Crippen LogP contribution in [-0.2, 0) is 4.79 Å². The molecule has 1 aliphatic heterocycles. The molecule has 1 aliphatic rings. The minimum atomic E-state index is -0.924. The molecule has 8 nitrogen and oxygen atoms in total. The van der Waals surface area contributed by atoms with Crippen molar-refractivity contribution in [2.45, 2.75) is 26.2 Å². The van der Waals surface area contributed by atoms with Crippen molar-refractivity contribution in [3.8, 4) is 0 Å². The lowest BCUT2D eigenvalue weighted by molar-refractivity contribution is -0.389. The highest BCUT2D eigenvalue weighted by Gasteiger charge is 2.42. The predicted octanol–water partition coefficient (Wildman–Crippen LogP) is 1.64. The second kappa shape index (κ2) is 5.55. The first-order chi connectivity index (χ1) is 9.89. The average Bonchev–Trinajstić information content (AvgIpc) is 2.96. The fourth-order valence-corrected chi connectivity index (χ4v) is 2.70. The molecule has 0 aromatic carbocycles. The van der Waals surface area contributed by atoms with Crippen LogP contribution in [0.4, 0.5) is 5.82 Å². The van der Waals surface area contributed by atoms with Crippen molar-refractivity contribution in [1.29, 1.82) is 0 Å². The van der Waals surface area contributed by atoms with Gasteiger partial charge in [0.1, 0.15) is 0 Å². The number of nitrogens with one attached hydrogen (secondary N) is 1. The van der Waals surface area contributed by atoms with Gasteiger partial charge in [0.2, 0.25) is 0 Å². The molecule has 0 radical (unpaired) electrons. The topological polar surface area (TPSA) is 117 Å². The van der Waals surface area contributed by atoms with Gasteiger partial charge >= 0.3 is 11.8 Å². The monoisotopic (exact) mass is 295 g/mol. The SMILES string of the molecule is CCC1(C(=O)O)CCCN(C(=O)c2ccc([N+](=O)[O-])[nH]2)C1. The predicted molar refractivity (Wildman–Crippen MR) is 72.9 cm³/mol. The third kappa shape index (κ3) is 2.74. The molecule has 1 unspecified atom stereocenters. The van der Waals surface area contributed by atoms with E-state index < -0.39 is 22.2 Å². The van der Waals surface area contributed by atoms with Crippen molar-refractivity contribution in [1.82, 2.24) is 9.88 Å². The van der Waals surface area contributed by atoms with Gasteiger partial charge in [-0.25, -0.2) is 4.98 Å². The maximum Gasteiger partial charge on any atom is 0.321 e. The van der Waals surface area contributed by atoms with E-state index in [0.29, 0.717) is 25.8 Å². The first-order valence-corrected chi connectivity index (χ1v) is 6.76. The summed E-state index contributed by atoms with van der Waals surface area (Å²) < 4.78 is 0. The van der Waals surface area contributed by atoms with Crippen LogP contribution in [0, 0.1) is 15.5 Å². The molecule has 0 aliphatic carbocycles. The second-order valence-corrected chi connectivity index (χ2v) is 5.28. The van der Waals surface area contributed by atoms with Gasteiger partial charge in [0.15, 0.2) is 5.69 Å². The van der Waals surface area contributed by atoms with E-state index in [1.165, 1.54) is 17.0 Å². The van der Waals surface area contributed by atoms with Crippen LogP contribution in [0.3, 0.4) is 0 Å². The summed E-state index contributed by atoms with van der Waals surface area (Å²) in [7, 11) is 0. The molecule has 1 aromatic heterocycles. The number of aromatic amines is 1. The van der Waals surface area contributed by atoms with Gasteiger partial charge in [-0.2, -0.15) is 0 Å². The third-order valence-corrected chi connectivity index (χ3v) is 4.09. The summed E-state index contributed by atoms with van der Waals surface area (Å²) in [5.41, 5.74) is -0.814. The first kappa shape index (κ1) is 15.0. The maximum absolute atomic E-state index is 12.3. The molecule has 1 amide bonds. The third-order valence-electron chi connectivity index (χ3n) is 4.09. The fraction of sp³-hybridized carbons (Fsp3) is 0.538. The Morgan fingerprint density at radius 2 is 2.24 bits per heavy atom. The smallest absolute Gasteiger partial charge is 0.321 e. The molecule has 2 rings (SSSR count). The Morgan fingerprint density at radius 1 is 1.52 bits per heavy atom. The van der Waals surface area contributed by atoms with Gasteiger partial charge in [-0.1, -0.05) is 6.92 Å². The van der Waals surface area contributed by atoms with E-state index in [1.807, 2.05) is 0 Å². The van der Waals surface area contributed by atoms with Crippen LogP contribution < -0.4 is 0 Å². The molecular formula is C13H17N3O5. The highest BCUT2D eigenvalue weighted by Crippen LogP contribution is 2.34. The van der Waals surface area contributed by atoms with Crippen molar-refractivity contribution < 1.29 is 19.6 Å². The van der Waals surface area contributed by atoms with Gasteiger partial charge in [-0.15, -0.1) is 0 Å². The number of carboxylic acid groups (broad SMARTS) is 1. The van der Waals surface area contributed by atoms with Gasteiger partial charge in [0.25, 0.3) is 5.91 Å². The number of rotatable bonds is 4.